The van der Waals surface area contributed by atoms with Gasteiger partial charge >= 0.3 is 5.97 Å². The SMILES string of the molecule is CCNC(=NCC1CCN(c2ccccc2)C1)NC(C)c1nc(C)c(C(=O)OCC)s1.I. The van der Waals surface area contributed by atoms with Crippen LogP contribution in [0.5, 0.6) is 0 Å². The molecular weight excluding hydrogens is 537 g/mol. The van der Waals surface area contributed by atoms with Gasteiger partial charge in [0.1, 0.15) is 9.88 Å². The molecule has 2 atom stereocenters. The fraction of sp³-hybridized carbons (Fsp3) is 0.522. The van der Waals surface area contributed by atoms with Gasteiger partial charge in [-0.2, -0.15) is 0 Å². The Balaban J connectivity index is 0.00000363. The number of nitrogens with zero attached hydrogens (tertiary/aromatic N) is 3. The molecule has 0 spiro atoms. The van der Waals surface area contributed by atoms with Crippen molar-refractivity contribution >= 4 is 52.9 Å². The molecule has 9 heteroatoms. The van der Waals surface area contributed by atoms with Crippen molar-refractivity contribution in [3.63, 3.8) is 0 Å². The van der Waals surface area contributed by atoms with E-state index < -0.39 is 0 Å². The fourth-order valence-corrected chi connectivity index (χ4v) is 4.61. The lowest BCUT2D eigenvalue weighted by Gasteiger charge is -2.19. The minimum Gasteiger partial charge on any atom is -0.462 e. The molecule has 1 aliphatic heterocycles. The first-order chi connectivity index (χ1) is 15.0. The van der Waals surface area contributed by atoms with Gasteiger partial charge in [-0.3, -0.25) is 4.99 Å². The molecule has 2 heterocycles. The Bertz CT molecular complexity index is 890. The van der Waals surface area contributed by atoms with Crippen molar-refractivity contribution in [3.8, 4) is 0 Å². The van der Waals surface area contributed by atoms with Gasteiger partial charge < -0.3 is 20.3 Å². The van der Waals surface area contributed by atoms with Crippen molar-refractivity contribution in [2.75, 3.05) is 37.7 Å². The number of halogens is 1. The molecule has 0 bridgehead atoms. The number of anilines is 1. The summed E-state index contributed by atoms with van der Waals surface area (Å²) in [5, 5.41) is 7.61. The highest BCUT2D eigenvalue weighted by Gasteiger charge is 2.23. The van der Waals surface area contributed by atoms with Crippen molar-refractivity contribution in [1.29, 1.82) is 0 Å². The van der Waals surface area contributed by atoms with Crippen molar-refractivity contribution in [2.24, 2.45) is 10.9 Å². The van der Waals surface area contributed by atoms with Gasteiger partial charge in [-0.05, 0) is 52.2 Å². The quantitative estimate of drug-likeness (QED) is 0.212. The number of hydrogen-bond acceptors (Lipinski definition) is 6. The van der Waals surface area contributed by atoms with Gasteiger partial charge in [-0.1, -0.05) is 18.2 Å². The Morgan fingerprint density at radius 1 is 1.34 bits per heavy atom. The number of thiazole rings is 1. The lowest BCUT2D eigenvalue weighted by atomic mass is 10.1. The molecule has 0 radical (unpaired) electrons. The van der Waals surface area contributed by atoms with Crippen LogP contribution in [0.4, 0.5) is 5.69 Å². The summed E-state index contributed by atoms with van der Waals surface area (Å²) in [5.41, 5.74) is 1.99. The standard InChI is InChI=1S/C23H33N5O2S.HI/c1-5-24-23(25-14-18-12-13-28(15-18)19-10-8-7-9-11-19)27-17(4)21-26-16(3)20(31-21)22(29)30-6-2;/h7-11,17-18H,5-6,12-15H2,1-4H3,(H2,24,25,27);1H. The summed E-state index contributed by atoms with van der Waals surface area (Å²) in [6.07, 6.45) is 1.14. The van der Waals surface area contributed by atoms with Crippen LogP contribution in [-0.2, 0) is 4.74 Å². The largest absolute Gasteiger partial charge is 0.462 e. The third-order valence-electron chi connectivity index (χ3n) is 5.26. The zero-order chi connectivity index (χ0) is 22.2. The summed E-state index contributed by atoms with van der Waals surface area (Å²) in [6.45, 7) is 11.8. The number of esters is 1. The lowest BCUT2D eigenvalue weighted by Crippen LogP contribution is -2.39. The molecule has 1 fully saturated rings. The lowest BCUT2D eigenvalue weighted by molar-refractivity contribution is 0.0531. The summed E-state index contributed by atoms with van der Waals surface area (Å²) >= 11 is 1.38. The number of nitrogens with one attached hydrogen (secondary N) is 2. The number of para-hydroxylation sites is 1. The van der Waals surface area contributed by atoms with E-state index in [-0.39, 0.29) is 36.0 Å². The molecule has 0 saturated carbocycles. The Morgan fingerprint density at radius 2 is 2.09 bits per heavy atom. The number of benzene rings is 1. The van der Waals surface area contributed by atoms with Crippen molar-refractivity contribution < 1.29 is 9.53 Å². The normalized spacial score (nSPS) is 16.9. The second-order valence-corrected chi connectivity index (χ2v) is 8.74. The Labute approximate surface area is 212 Å². The first-order valence-electron chi connectivity index (χ1n) is 11.0. The van der Waals surface area contributed by atoms with E-state index in [1.807, 2.05) is 20.8 Å². The third kappa shape index (κ3) is 7.06. The summed E-state index contributed by atoms with van der Waals surface area (Å²) < 4.78 is 5.13. The molecule has 1 aromatic carbocycles. The van der Waals surface area contributed by atoms with E-state index in [9.17, 15) is 4.79 Å². The van der Waals surface area contributed by atoms with Crippen LogP contribution in [0.3, 0.4) is 0 Å². The van der Waals surface area contributed by atoms with Crippen LogP contribution in [-0.4, -0.2) is 49.7 Å². The van der Waals surface area contributed by atoms with Crippen LogP contribution >= 0.6 is 35.3 Å². The number of carbonyl (C=O) groups is 1. The number of carbonyl (C=O) groups excluding carboxylic acids is 1. The Hall–Kier alpha value is -1.88. The summed E-state index contributed by atoms with van der Waals surface area (Å²) in [7, 11) is 0. The van der Waals surface area contributed by atoms with Crippen LogP contribution in [0.2, 0.25) is 0 Å². The van der Waals surface area contributed by atoms with E-state index in [2.05, 4.69) is 57.8 Å². The van der Waals surface area contributed by atoms with Gasteiger partial charge in [0.05, 0.1) is 18.3 Å². The van der Waals surface area contributed by atoms with Crippen LogP contribution < -0.4 is 15.5 Å². The molecule has 1 aromatic heterocycles. The zero-order valence-electron chi connectivity index (χ0n) is 19.3. The van der Waals surface area contributed by atoms with Gasteiger partial charge in [-0.25, -0.2) is 9.78 Å². The van der Waals surface area contributed by atoms with E-state index in [0.717, 1.165) is 43.6 Å². The second-order valence-electron chi connectivity index (χ2n) is 7.71. The highest BCUT2D eigenvalue weighted by atomic mass is 127. The summed E-state index contributed by atoms with van der Waals surface area (Å²) in [4.78, 5) is 24.5. The number of aliphatic imine (C=N–C) groups is 1. The van der Waals surface area contributed by atoms with E-state index in [1.54, 1.807) is 0 Å². The fourth-order valence-electron chi connectivity index (χ4n) is 3.65. The van der Waals surface area contributed by atoms with Gasteiger partial charge in [0, 0.05) is 31.9 Å². The maximum Gasteiger partial charge on any atom is 0.350 e. The molecule has 0 aliphatic carbocycles. The van der Waals surface area contributed by atoms with E-state index in [1.165, 1.54) is 17.0 Å². The highest BCUT2D eigenvalue weighted by Crippen LogP contribution is 2.25. The van der Waals surface area contributed by atoms with Gasteiger partial charge in [0.15, 0.2) is 5.96 Å². The number of guanidine groups is 1. The minimum atomic E-state index is -0.305. The molecular formula is C23H34IN5O2S. The predicted octanol–water partition coefficient (Wildman–Crippen LogP) is 4.39. The van der Waals surface area contributed by atoms with Gasteiger partial charge in [-0.15, -0.1) is 35.3 Å². The topological polar surface area (TPSA) is 78.9 Å². The van der Waals surface area contributed by atoms with Crippen LogP contribution in [0.1, 0.15) is 53.6 Å². The monoisotopic (exact) mass is 571 g/mol. The van der Waals surface area contributed by atoms with E-state index in [0.29, 0.717) is 23.1 Å². The average molecular weight is 572 g/mol. The van der Waals surface area contributed by atoms with Crippen molar-refractivity contribution in [1.82, 2.24) is 15.6 Å². The van der Waals surface area contributed by atoms with E-state index in [4.69, 9.17) is 9.73 Å². The second kappa shape index (κ2) is 13.0. The van der Waals surface area contributed by atoms with Gasteiger partial charge in [0.2, 0.25) is 0 Å². The molecule has 1 saturated heterocycles. The highest BCUT2D eigenvalue weighted by molar-refractivity contribution is 14.0. The number of aryl methyl sites for hydroxylation is 1. The van der Waals surface area contributed by atoms with Crippen molar-refractivity contribution in [3.05, 3.63) is 45.9 Å². The van der Waals surface area contributed by atoms with Crippen molar-refractivity contribution in [2.45, 2.75) is 40.2 Å². The molecule has 176 valence electrons. The maximum atomic E-state index is 12.1. The first kappa shape index (κ1) is 26.4. The predicted molar refractivity (Wildman–Crippen MR) is 143 cm³/mol. The van der Waals surface area contributed by atoms with Crippen LogP contribution in [0.25, 0.3) is 0 Å². The zero-order valence-corrected chi connectivity index (χ0v) is 22.4. The molecule has 3 rings (SSSR count). The smallest absolute Gasteiger partial charge is 0.350 e. The molecule has 1 aliphatic rings. The molecule has 2 N–H and O–H groups in total. The number of rotatable bonds is 8. The Morgan fingerprint density at radius 3 is 2.78 bits per heavy atom. The van der Waals surface area contributed by atoms with Crippen LogP contribution in [0, 0.1) is 12.8 Å². The Kier molecular flexibility index (Phi) is 10.7. The number of ether oxygens (including phenoxy) is 1. The molecule has 0 amide bonds. The van der Waals surface area contributed by atoms with E-state index >= 15 is 0 Å². The molecule has 7 nitrogen and oxygen atoms in total. The third-order valence-corrected chi connectivity index (χ3v) is 6.58. The summed E-state index contributed by atoms with van der Waals surface area (Å²) in [6, 6.07) is 10.5. The number of hydrogen-bond donors (Lipinski definition) is 2. The maximum absolute atomic E-state index is 12.1. The number of aromatic nitrogens is 1. The van der Waals surface area contributed by atoms with Crippen LogP contribution in [0.15, 0.2) is 35.3 Å². The van der Waals surface area contributed by atoms with Gasteiger partial charge in [0.25, 0.3) is 0 Å². The minimum absolute atomic E-state index is 0. The first-order valence-corrected chi connectivity index (χ1v) is 11.8. The average Bonchev–Trinajstić information content (AvgIpc) is 3.40. The summed E-state index contributed by atoms with van der Waals surface area (Å²) in [5.74, 6) is 1.00. The molecule has 32 heavy (non-hydrogen) atoms. The molecule has 2 aromatic rings. The molecule has 2 unspecified atom stereocenters.